The molecule has 2 aliphatic rings. The fourth-order valence-electron chi connectivity index (χ4n) is 6.94. The van der Waals surface area contributed by atoms with Crippen LogP contribution in [0.1, 0.15) is 82.4 Å². The number of fused-ring (bicyclic) bond motifs is 1. The summed E-state index contributed by atoms with van der Waals surface area (Å²) in [5.41, 5.74) is 6.24. The number of carbonyl (C=O) groups excluding carboxylic acids is 5. The minimum Gasteiger partial charge on any atom is -0.492 e. The molecule has 2 heterocycles. The van der Waals surface area contributed by atoms with Crippen molar-refractivity contribution in [2.45, 2.75) is 55.9 Å². The summed E-state index contributed by atoms with van der Waals surface area (Å²) in [6, 6.07) is 32.9. The molecule has 4 aromatic rings. The highest BCUT2D eigenvalue weighted by atomic mass is 35.5. The number of rotatable bonds is 17. The van der Waals surface area contributed by atoms with E-state index < -0.39 is 29.7 Å². The van der Waals surface area contributed by atoms with Crippen molar-refractivity contribution in [1.82, 2.24) is 15.1 Å². The quantitative estimate of drug-likeness (QED) is 0.0382. The summed E-state index contributed by atoms with van der Waals surface area (Å²) in [6.07, 6.45) is 3.72. The summed E-state index contributed by atoms with van der Waals surface area (Å²) in [5, 5.41) is 2.23. The Hall–Kier alpha value is -5.19. The van der Waals surface area contributed by atoms with Gasteiger partial charge in [-0.25, -0.2) is 0 Å². The van der Waals surface area contributed by atoms with E-state index in [0.29, 0.717) is 41.7 Å². The summed E-state index contributed by atoms with van der Waals surface area (Å²) in [4.78, 5) is 66.7. The molecule has 284 valence electrons. The summed E-state index contributed by atoms with van der Waals surface area (Å²) < 4.78 is 6.04. The highest BCUT2D eigenvalue weighted by Gasteiger charge is 2.45. The second-order valence-corrected chi connectivity index (χ2v) is 15.0. The Morgan fingerprint density at radius 1 is 0.818 bits per heavy atom. The maximum atomic E-state index is 13.3. The van der Waals surface area contributed by atoms with Crippen LogP contribution < -0.4 is 10.1 Å². The van der Waals surface area contributed by atoms with Crippen molar-refractivity contribution < 1.29 is 28.7 Å². The van der Waals surface area contributed by atoms with E-state index in [0.717, 1.165) is 58.6 Å². The summed E-state index contributed by atoms with van der Waals surface area (Å²) in [5.74, 6) is -0.0517. The van der Waals surface area contributed by atoms with Gasteiger partial charge in [0, 0.05) is 30.7 Å². The fourth-order valence-corrected chi connectivity index (χ4v) is 8.22. The number of piperidine rings is 1. The van der Waals surface area contributed by atoms with Crippen molar-refractivity contribution in [3.05, 3.63) is 131 Å². The van der Waals surface area contributed by atoms with E-state index in [2.05, 4.69) is 41.7 Å². The normalized spacial score (nSPS) is 15.7. The lowest BCUT2D eigenvalue weighted by Crippen LogP contribution is -2.54. The van der Waals surface area contributed by atoms with Crippen LogP contribution in [0.5, 0.6) is 5.75 Å². The lowest BCUT2D eigenvalue weighted by Gasteiger charge is -2.27. The van der Waals surface area contributed by atoms with Crippen molar-refractivity contribution in [1.29, 1.82) is 0 Å². The maximum absolute atomic E-state index is 13.3. The number of carbonyl (C=O) groups is 5. The molecular formula is C44H44ClN3O6S. The van der Waals surface area contributed by atoms with Crippen molar-refractivity contribution in [2.24, 2.45) is 0 Å². The van der Waals surface area contributed by atoms with E-state index in [1.165, 1.54) is 17.3 Å². The van der Waals surface area contributed by atoms with Crippen molar-refractivity contribution in [2.75, 3.05) is 31.8 Å². The minimum atomic E-state index is -0.992. The molecule has 0 saturated carbocycles. The molecule has 6 rings (SSSR count). The molecule has 55 heavy (non-hydrogen) atoms. The van der Waals surface area contributed by atoms with Gasteiger partial charge in [-0.15, -0.1) is 23.4 Å². The first kappa shape index (κ1) is 39.5. The van der Waals surface area contributed by atoms with Gasteiger partial charge in [-0.3, -0.25) is 34.2 Å². The largest absolute Gasteiger partial charge is 0.492 e. The molecule has 1 N–H and O–H groups in total. The van der Waals surface area contributed by atoms with Gasteiger partial charge in [-0.1, -0.05) is 85.3 Å². The zero-order valence-corrected chi connectivity index (χ0v) is 32.4. The Labute approximate surface area is 331 Å². The van der Waals surface area contributed by atoms with Gasteiger partial charge < -0.3 is 9.64 Å². The Balaban J connectivity index is 0.947. The second-order valence-electron chi connectivity index (χ2n) is 13.5. The molecule has 1 fully saturated rings. The standard InChI is InChI=1S/C44H44ClN3O6S/c1-47(27-28-54-33-21-19-32(20-22-33)40(31-14-7-3-8-15-31)34(25-26-45)30-12-5-2-6-13-30)39(50)18-9-4-10-29-55-37-17-11-16-35-41(37)44(53)48(43(35)52)36-23-24-38(49)46-42(36)51/h2-3,5-8,11-17,19-22,36H,4,9-10,18,23-29H2,1H3,(H,46,49,51). The number of imide groups is 2. The third-order valence-corrected chi connectivity index (χ3v) is 11.2. The molecule has 0 bridgehead atoms. The average molecular weight is 778 g/mol. The molecule has 0 aliphatic carbocycles. The third-order valence-electron chi connectivity index (χ3n) is 9.82. The molecule has 0 spiro atoms. The van der Waals surface area contributed by atoms with Crippen molar-refractivity contribution >= 4 is 64.0 Å². The number of halogens is 1. The van der Waals surface area contributed by atoms with E-state index in [4.69, 9.17) is 16.3 Å². The first-order chi connectivity index (χ1) is 26.8. The van der Waals surface area contributed by atoms with Gasteiger partial charge >= 0.3 is 0 Å². The first-order valence-electron chi connectivity index (χ1n) is 18.6. The van der Waals surface area contributed by atoms with Crippen LogP contribution in [0, 0.1) is 0 Å². The van der Waals surface area contributed by atoms with Crippen LogP contribution in [0.2, 0.25) is 0 Å². The van der Waals surface area contributed by atoms with Gasteiger partial charge in [-0.05, 0) is 83.5 Å². The lowest BCUT2D eigenvalue weighted by atomic mass is 9.88. The second kappa shape index (κ2) is 18.9. The number of unbranched alkanes of at least 4 members (excludes halogenated alkanes) is 2. The van der Waals surface area contributed by atoms with Gasteiger partial charge in [0.1, 0.15) is 18.4 Å². The molecule has 0 aromatic heterocycles. The van der Waals surface area contributed by atoms with Crippen LogP contribution in [0.3, 0.4) is 0 Å². The number of likely N-dealkylation sites (N-methyl/N-ethyl adjacent to an activating group) is 1. The van der Waals surface area contributed by atoms with Crippen LogP contribution in [0.15, 0.2) is 108 Å². The van der Waals surface area contributed by atoms with Gasteiger partial charge in [0.2, 0.25) is 17.7 Å². The highest BCUT2D eigenvalue weighted by Crippen LogP contribution is 2.36. The predicted octanol–water partition coefficient (Wildman–Crippen LogP) is 7.87. The molecule has 11 heteroatoms. The van der Waals surface area contributed by atoms with Crippen LogP contribution in [0.4, 0.5) is 0 Å². The van der Waals surface area contributed by atoms with E-state index in [9.17, 15) is 24.0 Å². The summed E-state index contributed by atoms with van der Waals surface area (Å²) >= 11 is 7.78. The number of ether oxygens (including phenoxy) is 1. The van der Waals surface area contributed by atoms with Gasteiger partial charge in [-0.2, -0.15) is 0 Å². The first-order valence-corrected chi connectivity index (χ1v) is 20.1. The molecule has 1 atom stereocenters. The van der Waals surface area contributed by atoms with E-state index >= 15 is 0 Å². The number of thioether (sulfide) groups is 1. The Kier molecular flexibility index (Phi) is 13.6. The predicted molar refractivity (Wildman–Crippen MR) is 216 cm³/mol. The van der Waals surface area contributed by atoms with Crippen LogP contribution >= 0.6 is 23.4 Å². The smallest absolute Gasteiger partial charge is 0.263 e. The highest BCUT2D eigenvalue weighted by molar-refractivity contribution is 7.99. The Morgan fingerprint density at radius 2 is 1.51 bits per heavy atom. The molecule has 1 saturated heterocycles. The number of hydrogen-bond donors (Lipinski definition) is 1. The van der Waals surface area contributed by atoms with E-state index in [1.54, 1.807) is 24.1 Å². The monoisotopic (exact) mass is 777 g/mol. The number of nitrogens with zero attached hydrogens (tertiary/aromatic N) is 2. The number of amides is 5. The van der Waals surface area contributed by atoms with Gasteiger partial charge in [0.05, 0.1) is 17.7 Å². The molecule has 5 amide bonds. The number of benzene rings is 4. The zero-order valence-electron chi connectivity index (χ0n) is 30.8. The molecular weight excluding hydrogens is 734 g/mol. The topological polar surface area (TPSA) is 113 Å². The molecule has 1 unspecified atom stereocenters. The van der Waals surface area contributed by atoms with Gasteiger partial charge in [0.15, 0.2) is 0 Å². The average Bonchev–Trinajstić information content (AvgIpc) is 3.46. The van der Waals surface area contributed by atoms with E-state index in [-0.39, 0.29) is 24.3 Å². The Morgan fingerprint density at radius 3 is 2.20 bits per heavy atom. The zero-order chi connectivity index (χ0) is 38.7. The lowest BCUT2D eigenvalue weighted by molar-refractivity contribution is -0.136. The minimum absolute atomic E-state index is 0.0514. The van der Waals surface area contributed by atoms with E-state index in [1.807, 2.05) is 54.6 Å². The van der Waals surface area contributed by atoms with Gasteiger partial charge in [0.25, 0.3) is 11.8 Å². The number of nitrogens with one attached hydrogen (secondary N) is 1. The molecule has 4 aromatic carbocycles. The fraction of sp³-hybridized carbons (Fsp3) is 0.295. The van der Waals surface area contributed by atoms with Crippen molar-refractivity contribution in [3.63, 3.8) is 0 Å². The molecule has 0 radical (unpaired) electrons. The maximum Gasteiger partial charge on any atom is 0.263 e. The van der Waals surface area contributed by atoms with Crippen LogP contribution in [-0.2, 0) is 14.4 Å². The Bertz CT molecular complexity index is 2060. The summed E-state index contributed by atoms with van der Waals surface area (Å²) in [6.45, 7) is 0.825. The molecule has 9 nitrogen and oxygen atoms in total. The van der Waals surface area contributed by atoms with Crippen LogP contribution in [0.25, 0.3) is 11.1 Å². The number of allylic oxidation sites excluding steroid dienone is 1. The third kappa shape index (κ3) is 9.55. The van der Waals surface area contributed by atoms with Crippen LogP contribution in [-0.4, -0.2) is 77.2 Å². The molecule has 2 aliphatic heterocycles. The van der Waals surface area contributed by atoms with Crippen molar-refractivity contribution in [3.8, 4) is 5.75 Å². The number of hydrogen-bond acceptors (Lipinski definition) is 7. The summed E-state index contributed by atoms with van der Waals surface area (Å²) in [7, 11) is 1.79. The number of alkyl halides is 1. The SMILES string of the molecule is CN(CCOc1ccc(C(=C(CCCl)c2ccccc2)c2ccccc2)cc1)C(=O)CCCCCSc1cccc2c1C(=O)N(C1CCC(=O)NC1=O)C2=O.